The lowest BCUT2D eigenvalue weighted by Crippen LogP contribution is -2.26. The minimum absolute atomic E-state index is 0.167. The summed E-state index contributed by atoms with van der Waals surface area (Å²) in [4.78, 5) is 0. The summed E-state index contributed by atoms with van der Waals surface area (Å²) in [6, 6.07) is 6.15. The first kappa shape index (κ1) is 11.7. The van der Waals surface area contributed by atoms with Crippen LogP contribution in [0.25, 0.3) is 0 Å². The van der Waals surface area contributed by atoms with Crippen LogP contribution in [0.1, 0.15) is 6.92 Å². The minimum Gasteiger partial charge on any atom is -0.522 e. The van der Waals surface area contributed by atoms with Gasteiger partial charge in [0, 0.05) is 6.07 Å². The van der Waals surface area contributed by atoms with Crippen molar-refractivity contribution in [2.45, 2.75) is 6.92 Å². The van der Waals surface area contributed by atoms with Gasteiger partial charge in [-0.3, -0.25) is 0 Å². The van der Waals surface area contributed by atoms with Crippen LogP contribution in [0.15, 0.2) is 24.3 Å². The predicted molar refractivity (Wildman–Crippen MR) is 52.2 cm³/mol. The van der Waals surface area contributed by atoms with Gasteiger partial charge < -0.3 is 22.4 Å². The molecule has 0 bridgehead atoms. The Kier molecular flexibility index (Phi) is 3.88. The molecule has 0 saturated carbocycles. The van der Waals surface area contributed by atoms with Gasteiger partial charge in [0.1, 0.15) is 11.5 Å². The average Bonchev–Trinajstić information content (AvgIpc) is 2.15. The van der Waals surface area contributed by atoms with Gasteiger partial charge in [-0.25, -0.2) is 0 Å². The van der Waals surface area contributed by atoms with E-state index < -0.39 is 13.5 Å². The molecule has 0 amide bonds. The highest BCUT2D eigenvalue weighted by molar-refractivity contribution is 6.58. The fraction of sp³-hybridized carbons (Fsp3) is 0.333. The Hall–Kier alpha value is -1.33. The van der Waals surface area contributed by atoms with Crippen LogP contribution in [0.2, 0.25) is 0 Å². The third kappa shape index (κ3) is 4.62. The zero-order chi connectivity index (χ0) is 11.3. The standard InChI is InChI=1S/C9H11BF3O2/c1-2-14-8-4-3-5-9(6-8)15-7-10(11,12)13/h3-6H,2,7H2,1H3/q-1. The van der Waals surface area contributed by atoms with Crippen molar-refractivity contribution in [2.75, 3.05) is 13.1 Å². The molecular weight excluding hydrogens is 208 g/mol. The number of ether oxygens (including phenoxy) is 2. The van der Waals surface area contributed by atoms with Gasteiger partial charge in [-0.1, -0.05) is 6.07 Å². The fourth-order valence-electron chi connectivity index (χ4n) is 1.01. The largest absolute Gasteiger partial charge is 0.522 e. The lowest BCUT2D eigenvalue weighted by Gasteiger charge is -2.15. The summed E-state index contributed by atoms with van der Waals surface area (Å²) in [7, 11) is 0. The maximum atomic E-state index is 11.9. The maximum Gasteiger partial charge on any atom is 0.515 e. The molecule has 0 aromatic heterocycles. The van der Waals surface area contributed by atoms with Crippen LogP contribution >= 0.6 is 0 Å². The van der Waals surface area contributed by atoms with Crippen molar-refractivity contribution in [1.29, 1.82) is 0 Å². The van der Waals surface area contributed by atoms with E-state index in [0.29, 0.717) is 12.4 Å². The first-order valence-electron chi connectivity index (χ1n) is 4.58. The van der Waals surface area contributed by atoms with Crippen molar-refractivity contribution >= 4 is 6.98 Å². The zero-order valence-corrected chi connectivity index (χ0v) is 8.25. The van der Waals surface area contributed by atoms with Crippen LogP contribution in [0.3, 0.4) is 0 Å². The SMILES string of the molecule is CCOc1cccc(OC[B-](F)(F)F)c1. The van der Waals surface area contributed by atoms with Crippen molar-refractivity contribution in [3.8, 4) is 11.5 Å². The highest BCUT2D eigenvalue weighted by Crippen LogP contribution is 2.20. The molecule has 0 aliphatic heterocycles. The lowest BCUT2D eigenvalue weighted by atomic mass is 9.95. The normalized spacial score (nSPS) is 11.2. The van der Waals surface area contributed by atoms with Crippen LogP contribution < -0.4 is 9.47 Å². The van der Waals surface area contributed by atoms with Gasteiger partial charge in [0.25, 0.3) is 0 Å². The van der Waals surface area contributed by atoms with Gasteiger partial charge in [0.2, 0.25) is 0 Å². The van der Waals surface area contributed by atoms with Crippen molar-refractivity contribution in [1.82, 2.24) is 0 Å². The summed E-state index contributed by atoms with van der Waals surface area (Å²) < 4.78 is 45.4. The topological polar surface area (TPSA) is 18.5 Å². The zero-order valence-electron chi connectivity index (χ0n) is 8.25. The van der Waals surface area contributed by atoms with E-state index in [-0.39, 0.29) is 5.75 Å². The van der Waals surface area contributed by atoms with Gasteiger partial charge in [-0.05, 0) is 19.1 Å². The molecule has 0 saturated heterocycles. The lowest BCUT2D eigenvalue weighted by molar-refractivity contribution is 0.307. The molecule has 1 rings (SSSR count). The summed E-state index contributed by atoms with van der Waals surface area (Å²) in [6.07, 6.45) is 0. The van der Waals surface area contributed by atoms with Gasteiger partial charge in [0.05, 0.1) is 13.1 Å². The van der Waals surface area contributed by atoms with Gasteiger partial charge >= 0.3 is 6.98 Å². The second kappa shape index (κ2) is 4.95. The van der Waals surface area contributed by atoms with E-state index in [4.69, 9.17) is 4.74 Å². The Balaban J connectivity index is 2.57. The number of halogens is 3. The Bertz CT molecular complexity index is 314. The molecule has 15 heavy (non-hydrogen) atoms. The van der Waals surface area contributed by atoms with Crippen molar-refractivity contribution in [2.24, 2.45) is 0 Å². The number of rotatable bonds is 5. The molecule has 0 N–H and O–H groups in total. The fourth-order valence-corrected chi connectivity index (χ4v) is 1.01. The van der Waals surface area contributed by atoms with E-state index in [0.717, 1.165) is 0 Å². The van der Waals surface area contributed by atoms with Gasteiger partial charge in [-0.15, -0.1) is 0 Å². The van der Waals surface area contributed by atoms with Gasteiger partial charge in [-0.2, -0.15) is 0 Å². The Morgan fingerprint density at radius 2 is 1.73 bits per heavy atom. The quantitative estimate of drug-likeness (QED) is 0.708. The molecule has 0 unspecified atom stereocenters. The van der Waals surface area contributed by atoms with Crippen LogP contribution in [0, 0.1) is 0 Å². The summed E-state index contributed by atoms with van der Waals surface area (Å²) in [5.74, 6) is 0.671. The van der Waals surface area contributed by atoms with Crippen molar-refractivity contribution < 1.29 is 22.4 Å². The van der Waals surface area contributed by atoms with Crippen molar-refractivity contribution in [3.05, 3.63) is 24.3 Å². The molecule has 0 atom stereocenters. The molecule has 0 heterocycles. The summed E-state index contributed by atoms with van der Waals surface area (Å²) >= 11 is 0. The molecule has 6 heteroatoms. The van der Waals surface area contributed by atoms with E-state index in [1.165, 1.54) is 12.1 Å². The number of hydrogen-bond acceptors (Lipinski definition) is 2. The molecule has 2 nitrogen and oxygen atoms in total. The third-order valence-corrected chi connectivity index (χ3v) is 1.56. The van der Waals surface area contributed by atoms with Crippen LogP contribution in [-0.4, -0.2) is 20.1 Å². The molecule has 1 aromatic carbocycles. The van der Waals surface area contributed by atoms with Crippen LogP contribution in [0.5, 0.6) is 11.5 Å². The van der Waals surface area contributed by atoms with Crippen LogP contribution in [0.4, 0.5) is 12.9 Å². The van der Waals surface area contributed by atoms with E-state index >= 15 is 0 Å². The monoisotopic (exact) mass is 219 g/mol. The molecular formula is C9H11BF3O2-. The van der Waals surface area contributed by atoms with E-state index in [2.05, 4.69) is 4.74 Å². The number of benzene rings is 1. The molecule has 0 aliphatic rings. The second-order valence-corrected chi connectivity index (χ2v) is 2.93. The smallest absolute Gasteiger partial charge is 0.515 e. The van der Waals surface area contributed by atoms with E-state index in [1.807, 2.05) is 0 Å². The molecule has 0 radical (unpaired) electrons. The molecule has 84 valence electrons. The summed E-state index contributed by atoms with van der Waals surface area (Å²) in [5, 5.41) is 0. The van der Waals surface area contributed by atoms with Crippen LogP contribution in [-0.2, 0) is 0 Å². The van der Waals surface area contributed by atoms with E-state index in [1.54, 1.807) is 19.1 Å². The first-order chi connectivity index (χ1) is 7.01. The summed E-state index contributed by atoms with van der Waals surface area (Å²) in [6.45, 7) is -3.88. The Morgan fingerprint density at radius 3 is 2.27 bits per heavy atom. The second-order valence-electron chi connectivity index (χ2n) is 2.93. The van der Waals surface area contributed by atoms with Crippen molar-refractivity contribution in [3.63, 3.8) is 0 Å². The average molecular weight is 219 g/mol. The predicted octanol–water partition coefficient (Wildman–Crippen LogP) is 2.85. The third-order valence-electron chi connectivity index (χ3n) is 1.56. The van der Waals surface area contributed by atoms with Gasteiger partial charge in [0.15, 0.2) is 0 Å². The summed E-state index contributed by atoms with van der Waals surface area (Å²) in [5.41, 5.74) is 0. The highest BCUT2D eigenvalue weighted by atomic mass is 19.4. The highest BCUT2D eigenvalue weighted by Gasteiger charge is 2.24. The Morgan fingerprint density at radius 1 is 1.13 bits per heavy atom. The molecule has 0 aliphatic carbocycles. The minimum atomic E-state index is -4.91. The molecule has 0 spiro atoms. The maximum absolute atomic E-state index is 11.9. The molecule has 0 fully saturated rings. The first-order valence-corrected chi connectivity index (χ1v) is 4.58. The molecule has 1 aromatic rings. The van der Waals surface area contributed by atoms with E-state index in [9.17, 15) is 12.9 Å². The Labute approximate surface area is 86.1 Å². The number of hydrogen-bond donors (Lipinski definition) is 0.